The molecule has 2 atom stereocenters. The Morgan fingerprint density at radius 2 is 2.07 bits per heavy atom. The molecule has 0 aromatic heterocycles. The van der Waals surface area contributed by atoms with Crippen LogP contribution >= 0.6 is 0 Å². The van der Waals surface area contributed by atoms with Crippen LogP contribution in [0.25, 0.3) is 0 Å². The molecule has 0 aromatic rings. The Morgan fingerprint density at radius 1 is 1.50 bits per heavy atom. The smallest absolute Gasteiger partial charge is 0.389 e. The third kappa shape index (κ3) is 2.57. The van der Waals surface area contributed by atoms with E-state index in [0.29, 0.717) is 6.92 Å². The molecule has 2 N–H and O–H groups in total. The average molecular weight is 215 g/mol. The molecule has 0 saturated carbocycles. The molecular weight excluding hydrogens is 203 g/mol. The molecule has 1 aliphatic heterocycles. The van der Waals surface area contributed by atoms with Crippen LogP contribution in [0.4, 0.5) is 13.2 Å². The summed E-state index contributed by atoms with van der Waals surface area (Å²) in [5, 5.41) is 19.0. The number of rotatable bonds is 2. The summed E-state index contributed by atoms with van der Waals surface area (Å²) in [6.45, 7) is -0.0885. The highest BCUT2D eigenvalue weighted by Gasteiger charge is 2.51. The van der Waals surface area contributed by atoms with Gasteiger partial charge in [-0.15, -0.1) is 0 Å². The Labute approximate surface area is 78.8 Å². The van der Waals surface area contributed by atoms with Crippen LogP contribution in [0, 0.1) is 0 Å². The first-order chi connectivity index (χ1) is 6.22. The van der Waals surface area contributed by atoms with Crippen LogP contribution in [0.15, 0.2) is 0 Å². The highest BCUT2D eigenvalue weighted by molar-refractivity contribution is 4.84. The van der Waals surface area contributed by atoms with Gasteiger partial charge in [-0.25, -0.2) is 0 Å². The van der Waals surface area contributed by atoms with Crippen molar-refractivity contribution in [3.8, 4) is 0 Å². The van der Waals surface area contributed by atoms with Crippen LogP contribution in [0.5, 0.6) is 0 Å². The number of hydrogen-bond donors (Lipinski definition) is 2. The molecule has 7 heteroatoms. The number of aliphatic hydroxyl groups excluding tert-OH is 1. The Balaban J connectivity index is 2.51. The standard InChI is InChI=1S/C7H12F3NO3/c1-6(13,7(8,9)10)4-11-2-5(12)3-14-11/h5,12-13H,2-4H2,1H3/t5-,6?/m1/s1. The Morgan fingerprint density at radius 3 is 2.43 bits per heavy atom. The molecule has 0 amide bonds. The molecule has 4 nitrogen and oxygen atoms in total. The summed E-state index contributed by atoms with van der Waals surface area (Å²) >= 11 is 0. The summed E-state index contributed by atoms with van der Waals surface area (Å²) in [5.74, 6) is 0. The van der Waals surface area contributed by atoms with Gasteiger partial charge in [-0.2, -0.15) is 18.2 Å². The van der Waals surface area contributed by atoms with E-state index in [9.17, 15) is 13.2 Å². The van der Waals surface area contributed by atoms with Gasteiger partial charge in [-0.1, -0.05) is 0 Å². The predicted molar refractivity (Wildman–Crippen MR) is 40.2 cm³/mol. The Hall–Kier alpha value is -0.370. The van der Waals surface area contributed by atoms with Crippen LogP contribution in [-0.2, 0) is 4.84 Å². The van der Waals surface area contributed by atoms with Crippen molar-refractivity contribution < 1.29 is 28.2 Å². The van der Waals surface area contributed by atoms with Gasteiger partial charge in [0, 0.05) is 0 Å². The molecule has 14 heavy (non-hydrogen) atoms. The third-order valence-electron chi connectivity index (χ3n) is 1.96. The van der Waals surface area contributed by atoms with Crippen LogP contribution in [-0.4, -0.2) is 52.9 Å². The maximum atomic E-state index is 12.2. The maximum absolute atomic E-state index is 12.2. The molecule has 1 heterocycles. The second kappa shape index (κ2) is 3.65. The summed E-state index contributed by atoms with van der Waals surface area (Å²) in [7, 11) is 0. The van der Waals surface area contributed by atoms with Crippen molar-refractivity contribution in [1.29, 1.82) is 0 Å². The zero-order valence-corrected chi connectivity index (χ0v) is 7.58. The first-order valence-corrected chi connectivity index (χ1v) is 4.07. The zero-order chi connectivity index (χ0) is 11.0. The van der Waals surface area contributed by atoms with Gasteiger partial charge in [0.05, 0.1) is 25.8 Å². The van der Waals surface area contributed by atoms with E-state index < -0.39 is 24.4 Å². The summed E-state index contributed by atoms with van der Waals surface area (Å²) in [6, 6.07) is 0. The second-order valence-corrected chi connectivity index (χ2v) is 3.54. The number of β-amino-alcohol motifs (C(OH)–C–C–N with tert-alkyl or cyclic N) is 2. The lowest BCUT2D eigenvalue weighted by Gasteiger charge is -2.29. The van der Waals surface area contributed by atoms with Crippen LogP contribution in [0.3, 0.4) is 0 Å². The SMILES string of the molecule is CC(O)(CN1C[C@@H](O)CO1)C(F)(F)F. The van der Waals surface area contributed by atoms with Gasteiger partial charge >= 0.3 is 6.18 Å². The van der Waals surface area contributed by atoms with Crippen molar-refractivity contribution in [2.24, 2.45) is 0 Å². The molecule has 0 aliphatic carbocycles. The minimum atomic E-state index is -4.70. The van der Waals surface area contributed by atoms with E-state index in [1.165, 1.54) is 0 Å². The van der Waals surface area contributed by atoms with E-state index in [2.05, 4.69) is 0 Å². The second-order valence-electron chi connectivity index (χ2n) is 3.54. The monoisotopic (exact) mass is 215 g/mol. The van der Waals surface area contributed by atoms with Gasteiger partial charge in [-0.05, 0) is 6.92 Å². The zero-order valence-electron chi connectivity index (χ0n) is 7.58. The highest BCUT2D eigenvalue weighted by Crippen LogP contribution is 2.31. The van der Waals surface area contributed by atoms with Crippen molar-refractivity contribution in [1.82, 2.24) is 5.06 Å². The van der Waals surface area contributed by atoms with Gasteiger partial charge in [0.2, 0.25) is 0 Å². The van der Waals surface area contributed by atoms with Gasteiger partial charge < -0.3 is 10.2 Å². The van der Waals surface area contributed by atoms with Gasteiger partial charge in [0.1, 0.15) is 0 Å². The fraction of sp³-hybridized carbons (Fsp3) is 1.00. The minimum absolute atomic E-state index is 0.0216. The molecule has 1 aliphatic rings. The molecule has 0 bridgehead atoms. The number of hydrogen-bond acceptors (Lipinski definition) is 4. The van der Waals surface area contributed by atoms with E-state index >= 15 is 0 Å². The molecule has 1 saturated heterocycles. The molecule has 1 fully saturated rings. The summed E-state index contributed by atoms with van der Waals surface area (Å²) in [4.78, 5) is 4.72. The van der Waals surface area contributed by atoms with Gasteiger partial charge in [0.25, 0.3) is 0 Å². The van der Waals surface area contributed by atoms with E-state index in [-0.39, 0.29) is 13.2 Å². The lowest BCUT2D eigenvalue weighted by Crippen LogP contribution is -2.50. The molecule has 0 radical (unpaired) electrons. The average Bonchev–Trinajstić information content (AvgIpc) is 2.31. The largest absolute Gasteiger partial charge is 0.418 e. The predicted octanol–water partition coefficient (Wildman–Crippen LogP) is -0.0922. The van der Waals surface area contributed by atoms with Crippen LogP contribution in [0.2, 0.25) is 0 Å². The van der Waals surface area contributed by atoms with Crippen molar-refractivity contribution in [3.05, 3.63) is 0 Å². The molecule has 84 valence electrons. The highest BCUT2D eigenvalue weighted by atomic mass is 19.4. The molecule has 1 rings (SSSR count). The normalized spacial score (nSPS) is 29.1. The fourth-order valence-electron chi connectivity index (χ4n) is 1.08. The van der Waals surface area contributed by atoms with E-state index in [0.717, 1.165) is 5.06 Å². The number of hydroxylamine groups is 2. The number of aliphatic hydroxyl groups is 2. The number of alkyl halides is 3. The minimum Gasteiger partial charge on any atom is -0.389 e. The van der Waals surface area contributed by atoms with E-state index in [4.69, 9.17) is 15.1 Å². The molecular formula is C7H12F3NO3. The summed E-state index contributed by atoms with van der Waals surface area (Å²) in [5.41, 5.74) is -2.82. The lowest BCUT2D eigenvalue weighted by molar-refractivity contribution is -0.276. The van der Waals surface area contributed by atoms with Crippen molar-refractivity contribution in [3.63, 3.8) is 0 Å². The number of nitrogens with zero attached hydrogens (tertiary/aromatic N) is 1. The van der Waals surface area contributed by atoms with E-state index in [1.54, 1.807) is 0 Å². The first kappa shape index (κ1) is 11.7. The molecule has 1 unspecified atom stereocenters. The maximum Gasteiger partial charge on any atom is 0.418 e. The van der Waals surface area contributed by atoms with Gasteiger partial charge in [-0.3, -0.25) is 4.84 Å². The topological polar surface area (TPSA) is 52.9 Å². The Bertz CT molecular complexity index is 207. The van der Waals surface area contributed by atoms with E-state index in [1.807, 2.05) is 0 Å². The fourth-order valence-corrected chi connectivity index (χ4v) is 1.08. The first-order valence-electron chi connectivity index (χ1n) is 4.07. The lowest BCUT2D eigenvalue weighted by atomic mass is 10.1. The third-order valence-corrected chi connectivity index (χ3v) is 1.96. The molecule has 0 spiro atoms. The van der Waals surface area contributed by atoms with Gasteiger partial charge in [0.15, 0.2) is 5.60 Å². The number of halogens is 3. The van der Waals surface area contributed by atoms with Crippen LogP contribution < -0.4 is 0 Å². The van der Waals surface area contributed by atoms with Crippen molar-refractivity contribution in [2.45, 2.75) is 24.8 Å². The quantitative estimate of drug-likeness (QED) is 0.675. The summed E-state index contributed by atoms with van der Waals surface area (Å²) < 4.78 is 36.6. The van der Waals surface area contributed by atoms with Crippen molar-refractivity contribution in [2.75, 3.05) is 19.7 Å². The van der Waals surface area contributed by atoms with Crippen molar-refractivity contribution >= 4 is 0 Å². The summed E-state index contributed by atoms with van der Waals surface area (Å²) in [6.07, 6.45) is -5.50. The van der Waals surface area contributed by atoms with Crippen LogP contribution in [0.1, 0.15) is 6.92 Å². The molecule has 0 aromatic carbocycles. The Kier molecular flexibility index (Phi) is 3.05.